The highest BCUT2D eigenvalue weighted by molar-refractivity contribution is 7.17. The van der Waals surface area contributed by atoms with Crippen LogP contribution in [0.5, 0.6) is 0 Å². The maximum absolute atomic E-state index is 12.9. The van der Waals surface area contributed by atoms with Crippen molar-refractivity contribution in [3.05, 3.63) is 28.5 Å². The molecule has 2 aromatic heterocycles. The number of hydrogen-bond donors (Lipinski definition) is 2. The zero-order valence-electron chi connectivity index (χ0n) is 14.7. The smallest absolute Gasteiger partial charge is 0.263 e. The third-order valence-corrected chi connectivity index (χ3v) is 6.80. The Bertz CT molecular complexity index is 767. The van der Waals surface area contributed by atoms with E-state index in [4.69, 9.17) is 10.2 Å². The topological polar surface area (TPSA) is 81.2 Å². The van der Waals surface area contributed by atoms with E-state index in [9.17, 15) is 4.79 Å². The average molecular weight is 359 g/mol. The van der Waals surface area contributed by atoms with E-state index in [0.29, 0.717) is 22.8 Å². The molecule has 2 aromatic rings. The van der Waals surface area contributed by atoms with E-state index in [0.717, 1.165) is 35.1 Å². The van der Waals surface area contributed by atoms with Crippen molar-refractivity contribution in [1.82, 2.24) is 10.3 Å². The summed E-state index contributed by atoms with van der Waals surface area (Å²) in [6.45, 7) is 3.80. The van der Waals surface area contributed by atoms with Gasteiger partial charge in [0.2, 0.25) is 0 Å². The summed E-state index contributed by atoms with van der Waals surface area (Å²) < 4.78 is 5.64. The third kappa shape index (κ3) is 3.25. The van der Waals surface area contributed by atoms with Crippen LogP contribution in [0.1, 0.15) is 53.2 Å². The maximum atomic E-state index is 12.9. The molecule has 2 aliphatic rings. The van der Waals surface area contributed by atoms with Gasteiger partial charge in [-0.3, -0.25) is 4.79 Å². The molecule has 2 aliphatic carbocycles. The number of hydrogen-bond acceptors (Lipinski definition) is 5. The number of aromatic nitrogens is 1. The van der Waals surface area contributed by atoms with Crippen molar-refractivity contribution in [3.63, 3.8) is 0 Å². The normalized spacial score (nSPS) is 28.8. The fourth-order valence-corrected chi connectivity index (χ4v) is 5.43. The lowest BCUT2D eigenvalue weighted by atomic mass is 9.67. The molecule has 134 valence electrons. The SMILES string of the molecule is Cc1ccc(-c2nc(C)c(C(=O)NC3C4CCCC3CC(N)C4)s2)o1. The summed E-state index contributed by atoms with van der Waals surface area (Å²) in [6.07, 6.45) is 5.66. The molecule has 0 saturated heterocycles. The molecular formula is C19H25N3O2S. The number of fused-ring (bicyclic) bond motifs is 2. The van der Waals surface area contributed by atoms with Crippen molar-refractivity contribution in [2.75, 3.05) is 0 Å². The lowest BCUT2D eigenvalue weighted by Crippen LogP contribution is -2.53. The van der Waals surface area contributed by atoms with Gasteiger partial charge in [0, 0.05) is 12.1 Å². The molecule has 3 N–H and O–H groups in total. The highest BCUT2D eigenvalue weighted by Gasteiger charge is 2.40. The van der Waals surface area contributed by atoms with Gasteiger partial charge in [-0.15, -0.1) is 11.3 Å². The van der Waals surface area contributed by atoms with Crippen molar-refractivity contribution in [1.29, 1.82) is 0 Å². The summed E-state index contributed by atoms with van der Waals surface area (Å²) in [5, 5.41) is 4.08. The molecule has 0 spiro atoms. The Balaban J connectivity index is 1.52. The van der Waals surface area contributed by atoms with E-state index in [2.05, 4.69) is 10.3 Å². The number of nitrogens with one attached hydrogen (secondary N) is 1. The van der Waals surface area contributed by atoms with E-state index >= 15 is 0 Å². The fraction of sp³-hybridized carbons (Fsp3) is 0.579. The standard InChI is InChI=1S/C19H25N3O2S/c1-10-6-7-15(24-10)19-21-11(2)17(25-19)18(23)22-16-12-4-3-5-13(16)9-14(20)8-12/h6-7,12-14,16H,3-5,8-9,20H2,1-2H3,(H,22,23). The van der Waals surface area contributed by atoms with E-state index in [1.807, 2.05) is 26.0 Å². The third-order valence-electron chi connectivity index (χ3n) is 5.63. The van der Waals surface area contributed by atoms with Crippen LogP contribution in [0, 0.1) is 25.7 Å². The van der Waals surface area contributed by atoms with Crippen molar-refractivity contribution in [2.45, 2.75) is 58.0 Å². The number of amides is 1. The molecule has 2 saturated carbocycles. The lowest BCUT2D eigenvalue weighted by Gasteiger charge is -2.45. The summed E-state index contributed by atoms with van der Waals surface area (Å²) in [4.78, 5) is 18.1. The first-order valence-corrected chi connectivity index (χ1v) is 9.93. The molecular weight excluding hydrogens is 334 g/mol. The van der Waals surface area contributed by atoms with E-state index in [1.165, 1.54) is 30.6 Å². The molecule has 1 amide bonds. The number of rotatable bonds is 3. The number of carbonyl (C=O) groups excluding carboxylic acids is 1. The maximum Gasteiger partial charge on any atom is 0.263 e. The zero-order valence-corrected chi connectivity index (χ0v) is 15.6. The second-order valence-electron chi connectivity index (χ2n) is 7.53. The predicted octanol–water partition coefficient (Wildman–Crippen LogP) is 3.66. The zero-order chi connectivity index (χ0) is 17.6. The minimum absolute atomic E-state index is 0.00176. The number of furan rings is 1. The van der Waals surface area contributed by atoms with Gasteiger partial charge in [0.1, 0.15) is 10.6 Å². The summed E-state index contributed by atoms with van der Waals surface area (Å²) in [5.41, 5.74) is 6.96. The Labute approximate surface area is 152 Å². The van der Waals surface area contributed by atoms with Crippen LogP contribution in [0.15, 0.2) is 16.5 Å². The van der Waals surface area contributed by atoms with Crippen molar-refractivity contribution >= 4 is 17.2 Å². The largest absolute Gasteiger partial charge is 0.459 e. The number of nitrogens with two attached hydrogens (primary N) is 1. The first-order valence-electron chi connectivity index (χ1n) is 9.12. The van der Waals surface area contributed by atoms with Crippen LogP contribution in [0.4, 0.5) is 0 Å². The summed E-state index contributed by atoms with van der Waals surface area (Å²) in [5.74, 6) is 2.62. The van der Waals surface area contributed by atoms with Gasteiger partial charge in [0.25, 0.3) is 5.91 Å². The molecule has 2 atom stereocenters. The van der Waals surface area contributed by atoms with Crippen molar-refractivity contribution in [2.24, 2.45) is 17.6 Å². The van der Waals surface area contributed by atoms with Crippen molar-refractivity contribution < 1.29 is 9.21 Å². The van der Waals surface area contributed by atoms with Gasteiger partial charge in [0.15, 0.2) is 10.8 Å². The number of carbonyl (C=O) groups is 1. The Morgan fingerprint density at radius 1 is 1.28 bits per heavy atom. The molecule has 0 radical (unpaired) electrons. The van der Waals surface area contributed by atoms with E-state index in [-0.39, 0.29) is 11.9 Å². The minimum atomic E-state index is 0.00176. The first kappa shape index (κ1) is 16.8. The van der Waals surface area contributed by atoms with Crippen LogP contribution in [-0.2, 0) is 0 Å². The summed E-state index contributed by atoms with van der Waals surface area (Å²) >= 11 is 1.41. The van der Waals surface area contributed by atoms with Gasteiger partial charge in [0.05, 0.1) is 5.69 Å². The molecule has 0 aromatic carbocycles. The second kappa shape index (κ2) is 6.57. The summed E-state index contributed by atoms with van der Waals surface area (Å²) in [7, 11) is 0. The number of aryl methyl sites for hydroxylation is 2. The summed E-state index contributed by atoms with van der Waals surface area (Å²) in [6, 6.07) is 4.37. The molecule has 0 aliphatic heterocycles. The molecule has 25 heavy (non-hydrogen) atoms. The quantitative estimate of drug-likeness (QED) is 0.876. The van der Waals surface area contributed by atoms with E-state index in [1.54, 1.807) is 0 Å². The van der Waals surface area contributed by atoms with E-state index < -0.39 is 0 Å². The Morgan fingerprint density at radius 3 is 2.64 bits per heavy atom. The second-order valence-corrected chi connectivity index (χ2v) is 8.52. The van der Waals surface area contributed by atoms with Crippen LogP contribution >= 0.6 is 11.3 Å². The number of thiazole rings is 1. The molecule has 2 heterocycles. The Hall–Kier alpha value is -1.66. The molecule has 6 heteroatoms. The molecule has 5 nitrogen and oxygen atoms in total. The van der Waals surface area contributed by atoms with Crippen LogP contribution in [-0.4, -0.2) is 23.0 Å². The highest BCUT2D eigenvalue weighted by Crippen LogP contribution is 2.40. The van der Waals surface area contributed by atoms with Gasteiger partial charge in [-0.2, -0.15) is 0 Å². The average Bonchev–Trinajstić information content (AvgIpc) is 3.14. The highest BCUT2D eigenvalue weighted by atomic mass is 32.1. The molecule has 4 rings (SSSR count). The molecule has 2 fully saturated rings. The first-order chi connectivity index (χ1) is 12.0. The Morgan fingerprint density at radius 2 is 2.00 bits per heavy atom. The van der Waals surface area contributed by atoms with Gasteiger partial charge in [-0.1, -0.05) is 6.42 Å². The van der Waals surface area contributed by atoms with Crippen LogP contribution in [0.3, 0.4) is 0 Å². The lowest BCUT2D eigenvalue weighted by molar-refractivity contribution is 0.0759. The monoisotopic (exact) mass is 359 g/mol. The van der Waals surface area contributed by atoms with Crippen molar-refractivity contribution in [3.8, 4) is 10.8 Å². The van der Waals surface area contributed by atoms with Gasteiger partial charge in [-0.05, 0) is 63.5 Å². The van der Waals surface area contributed by atoms with Gasteiger partial charge < -0.3 is 15.5 Å². The Kier molecular flexibility index (Phi) is 4.41. The number of nitrogens with zero attached hydrogens (tertiary/aromatic N) is 1. The van der Waals surface area contributed by atoms with Crippen LogP contribution in [0.2, 0.25) is 0 Å². The van der Waals surface area contributed by atoms with Crippen LogP contribution in [0.25, 0.3) is 10.8 Å². The van der Waals surface area contributed by atoms with Gasteiger partial charge >= 0.3 is 0 Å². The fourth-order valence-electron chi connectivity index (χ4n) is 4.50. The molecule has 2 bridgehead atoms. The van der Waals surface area contributed by atoms with Crippen LogP contribution < -0.4 is 11.1 Å². The predicted molar refractivity (Wildman–Crippen MR) is 98.6 cm³/mol. The minimum Gasteiger partial charge on any atom is -0.459 e. The van der Waals surface area contributed by atoms with Gasteiger partial charge in [-0.25, -0.2) is 4.98 Å². The molecule has 2 unspecified atom stereocenters.